The van der Waals surface area contributed by atoms with Crippen molar-refractivity contribution in [2.45, 2.75) is 18.3 Å². The van der Waals surface area contributed by atoms with Crippen LogP contribution in [0.15, 0.2) is 0 Å². The Balaban J connectivity index is -0.00000112. The first-order chi connectivity index (χ1) is 7.19. The summed E-state index contributed by atoms with van der Waals surface area (Å²) in [5.41, 5.74) is 0. The average molecular weight is 336 g/mol. The van der Waals surface area contributed by atoms with E-state index < -0.39 is 45.1 Å². The minimum absolute atomic E-state index is 0. The normalized spacial score (nSPS) is 15.9. The summed E-state index contributed by atoms with van der Waals surface area (Å²) in [7, 11) is -5.35. The van der Waals surface area contributed by atoms with Crippen LogP contribution in [0.25, 0.3) is 0 Å². The summed E-state index contributed by atoms with van der Waals surface area (Å²) in [4.78, 5) is 30.9. The molecule has 96 valence electrons. The molecule has 0 spiro atoms. The second-order valence-electron chi connectivity index (χ2n) is 2.87. The molecule has 0 aliphatic rings. The Kier molecular flexibility index (Phi) is 17.8. The summed E-state index contributed by atoms with van der Waals surface area (Å²) >= 11 is 0. The van der Waals surface area contributed by atoms with E-state index in [4.69, 9.17) is 20.4 Å². The Bertz CT molecular complexity index is 282. The summed E-state index contributed by atoms with van der Waals surface area (Å²) in [6.07, 6.45) is -5.93. The largest absolute Gasteiger partial charge is 1.00 e. The van der Waals surface area contributed by atoms with E-state index in [0.717, 1.165) is 0 Å². The minimum Gasteiger partial charge on any atom is -0.790 e. The fourth-order valence-corrected chi connectivity index (χ4v) is 1.02. The van der Waals surface area contributed by atoms with Crippen molar-refractivity contribution >= 4 is 13.6 Å². The van der Waals surface area contributed by atoms with Gasteiger partial charge in [0.15, 0.2) is 5.78 Å². The molecule has 0 heterocycles. The van der Waals surface area contributed by atoms with Crippen LogP contribution in [-0.4, -0.2) is 57.7 Å². The number of phosphoric ester groups is 1. The molecule has 0 fully saturated rings. The van der Waals surface area contributed by atoms with Crippen molar-refractivity contribution in [2.75, 3.05) is 13.2 Å². The van der Waals surface area contributed by atoms with E-state index in [1.165, 1.54) is 0 Å². The van der Waals surface area contributed by atoms with Gasteiger partial charge in [0, 0.05) is 0 Å². The Morgan fingerprint density at radius 3 is 2.00 bits per heavy atom. The van der Waals surface area contributed by atoms with Crippen molar-refractivity contribution in [3.8, 4) is 0 Å². The van der Waals surface area contributed by atoms with E-state index in [9.17, 15) is 19.1 Å². The second kappa shape index (κ2) is 12.4. The molecule has 3 atom stereocenters. The first kappa shape index (κ1) is 25.8. The van der Waals surface area contributed by atoms with E-state index in [-0.39, 0.29) is 103 Å². The van der Waals surface area contributed by atoms with Gasteiger partial charge in [-0.1, -0.05) is 0 Å². The van der Waals surface area contributed by atoms with Gasteiger partial charge in [0.1, 0.15) is 24.9 Å². The van der Waals surface area contributed by atoms with Crippen LogP contribution in [0.5, 0.6) is 0 Å². The molecule has 12 heteroatoms. The van der Waals surface area contributed by atoms with Gasteiger partial charge in [-0.15, -0.1) is 0 Å². The molecule has 0 aromatic heterocycles. The third-order valence-electron chi connectivity index (χ3n) is 1.60. The van der Waals surface area contributed by atoms with Crippen molar-refractivity contribution in [1.29, 1.82) is 0 Å². The predicted octanol–water partition coefficient (Wildman–Crippen LogP) is -10.5. The molecule has 0 unspecified atom stereocenters. The first-order valence-electron chi connectivity index (χ1n) is 4.03. The number of hydrogen-bond donors (Lipinski definition) is 4. The van der Waals surface area contributed by atoms with Gasteiger partial charge in [0.2, 0.25) is 0 Å². The first-order valence-corrected chi connectivity index (χ1v) is 5.49. The summed E-state index contributed by atoms with van der Waals surface area (Å²) in [6, 6.07) is 0. The molecule has 0 aromatic carbocycles. The number of phosphoric acid groups is 1. The van der Waals surface area contributed by atoms with Crippen molar-refractivity contribution < 1.29 is 147 Å². The molecule has 0 bridgehead atoms. The van der Waals surface area contributed by atoms with Gasteiger partial charge in [0.05, 0.1) is 14.4 Å². The van der Waals surface area contributed by atoms with Crippen molar-refractivity contribution in [3.05, 3.63) is 0 Å². The van der Waals surface area contributed by atoms with Crippen LogP contribution in [0.3, 0.4) is 0 Å². The zero-order valence-electron chi connectivity index (χ0n) is 9.92. The van der Waals surface area contributed by atoms with Crippen LogP contribution in [-0.2, 0) is 13.9 Å². The maximum absolute atomic E-state index is 10.9. The molecule has 0 saturated heterocycles. The Labute approximate surface area is 188 Å². The van der Waals surface area contributed by atoms with Gasteiger partial charge in [-0.2, -0.15) is 0 Å². The molecule has 0 aliphatic heterocycles. The van der Waals surface area contributed by atoms with Crippen molar-refractivity contribution in [2.24, 2.45) is 0 Å². The average Bonchev–Trinajstić information content (AvgIpc) is 2.21. The molecule has 0 rings (SSSR count). The van der Waals surface area contributed by atoms with Crippen molar-refractivity contribution in [3.63, 3.8) is 0 Å². The topological polar surface area (TPSA) is 170 Å². The van der Waals surface area contributed by atoms with Crippen LogP contribution in [0, 0.1) is 0 Å². The Hall–Kier alpha value is 2.89. The predicted molar refractivity (Wildman–Crippen MR) is 43.7 cm³/mol. The van der Waals surface area contributed by atoms with E-state index in [0.29, 0.717) is 0 Å². The molecule has 0 aromatic rings. The number of carbonyl (C=O) groups excluding carboxylic acids is 1. The van der Waals surface area contributed by atoms with Gasteiger partial charge in [0.25, 0.3) is 0 Å². The summed E-state index contributed by atoms with van der Waals surface area (Å²) in [5, 5.41) is 35.3. The number of aliphatic hydroxyl groups is 4. The molecular formula is C6H11K2O9P. The van der Waals surface area contributed by atoms with E-state index in [1.807, 2.05) is 0 Å². The number of Topliss-reactive ketones (excluding diaryl/α,β-unsaturated/α-hetero) is 1. The second-order valence-corrected chi connectivity index (χ2v) is 4.02. The molecular weight excluding hydrogens is 325 g/mol. The smallest absolute Gasteiger partial charge is 0.790 e. The van der Waals surface area contributed by atoms with E-state index in [2.05, 4.69) is 4.52 Å². The monoisotopic (exact) mass is 336 g/mol. The minimum atomic E-state index is -5.35. The van der Waals surface area contributed by atoms with Crippen LogP contribution in [0.1, 0.15) is 0 Å². The van der Waals surface area contributed by atoms with Crippen LogP contribution in [0.2, 0.25) is 0 Å². The maximum atomic E-state index is 10.9. The summed E-state index contributed by atoms with van der Waals surface area (Å²) in [6.45, 7) is -2.16. The number of hydrogen-bond acceptors (Lipinski definition) is 9. The zero-order chi connectivity index (χ0) is 12.9. The van der Waals surface area contributed by atoms with Gasteiger partial charge in [-0.3, -0.25) is 4.79 Å². The SMILES string of the molecule is O=C(COP(=O)([O-])[O-])[C@@H](O)[C@H](O)[C@H](O)CO.[K+].[K+]. The van der Waals surface area contributed by atoms with Crippen LogP contribution in [0.4, 0.5) is 0 Å². The maximum Gasteiger partial charge on any atom is 1.00 e. The van der Waals surface area contributed by atoms with E-state index in [1.54, 1.807) is 0 Å². The summed E-state index contributed by atoms with van der Waals surface area (Å²) in [5.74, 6) is -1.31. The number of aliphatic hydroxyl groups excluding tert-OH is 4. The van der Waals surface area contributed by atoms with Gasteiger partial charge >= 0.3 is 103 Å². The zero-order valence-corrected chi connectivity index (χ0v) is 17.1. The third-order valence-corrected chi connectivity index (χ3v) is 2.04. The van der Waals surface area contributed by atoms with E-state index >= 15 is 0 Å². The molecule has 0 amide bonds. The molecule has 0 aliphatic carbocycles. The van der Waals surface area contributed by atoms with Crippen LogP contribution >= 0.6 is 7.82 Å². The molecule has 0 radical (unpaired) electrons. The fraction of sp³-hybridized carbons (Fsp3) is 0.833. The van der Waals surface area contributed by atoms with Crippen molar-refractivity contribution in [1.82, 2.24) is 0 Å². The number of rotatable bonds is 7. The molecule has 9 nitrogen and oxygen atoms in total. The van der Waals surface area contributed by atoms with Gasteiger partial charge in [-0.05, 0) is 0 Å². The molecule has 4 N–H and O–H groups in total. The summed E-state index contributed by atoms with van der Waals surface area (Å²) < 4.78 is 13.5. The van der Waals surface area contributed by atoms with Gasteiger partial charge < -0.3 is 39.3 Å². The quantitative estimate of drug-likeness (QED) is 0.260. The van der Waals surface area contributed by atoms with Gasteiger partial charge in [-0.25, -0.2) is 0 Å². The standard InChI is InChI=1S/C6H13O9P.2K/c7-1-3(8)5(10)6(11)4(9)2-15-16(12,13)14;;/h3,5-8,10-11H,1-2H2,(H2,12,13,14);;/q;2*+1/p-2/t3-,5-,6-;;/m1../s1. The third kappa shape index (κ3) is 11.5. The Morgan fingerprint density at radius 1 is 1.22 bits per heavy atom. The Morgan fingerprint density at radius 2 is 1.67 bits per heavy atom. The number of carbonyl (C=O) groups is 1. The fourth-order valence-electron chi connectivity index (χ4n) is 0.737. The van der Waals surface area contributed by atoms with Crippen LogP contribution < -0.4 is 113 Å². The molecule has 0 saturated carbocycles. The number of ketones is 1. The molecule has 18 heavy (non-hydrogen) atoms.